The van der Waals surface area contributed by atoms with Crippen LogP contribution in [0.3, 0.4) is 0 Å². The van der Waals surface area contributed by atoms with Gasteiger partial charge in [0.15, 0.2) is 0 Å². The Hall–Kier alpha value is -0.900. The highest BCUT2D eigenvalue weighted by atomic mass is 79.9. The van der Waals surface area contributed by atoms with Crippen molar-refractivity contribution in [3.63, 3.8) is 0 Å². The van der Waals surface area contributed by atoms with Crippen LogP contribution in [0.25, 0.3) is 0 Å². The van der Waals surface area contributed by atoms with Crippen molar-refractivity contribution in [2.75, 3.05) is 0 Å². The van der Waals surface area contributed by atoms with Gasteiger partial charge in [-0.3, -0.25) is 0 Å². The summed E-state index contributed by atoms with van der Waals surface area (Å²) in [7, 11) is 0. The van der Waals surface area contributed by atoms with Gasteiger partial charge in [-0.2, -0.15) is 0 Å². The van der Waals surface area contributed by atoms with E-state index in [2.05, 4.69) is 21.2 Å². The van der Waals surface area contributed by atoms with E-state index < -0.39 is 0 Å². The Bertz CT molecular complexity index is 545. The van der Waals surface area contributed by atoms with Crippen LogP contribution in [0.2, 0.25) is 5.02 Å². The second-order valence-electron chi connectivity index (χ2n) is 3.97. The fraction of sp³-hybridized carbons (Fsp3) is 0.143. The molecule has 4 heteroatoms. The molecule has 0 aromatic heterocycles. The lowest BCUT2D eigenvalue weighted by Gasteiger charge is -2.07. The molecule has 1 nitrogen and oxygen atoms in total. The van der Waals surface area contributed by atoms with Gasteiger partial charge in [0.25, 0.3) is 0 Å². The van der Waals surface area contributed by atoms with Crippen LogP contribution in [-0.2, 0) is 13.1 Å². The van der Waals surface area contributed by atoms with Crippen molar-refractivity contribution < 1.29 is 4.39 Å². The Labute approximate surface area is 119 Å². The largest absolute Gasteiger partial charge is 0.309 e. The molecule has 0 bridgehead atoms. The maximum atomic E-state index is 13.0. The summed E-state index contributed by atoms with van der Waals surface area (Å²) >= 11 is 9.47. The predicted octanol–water partition coefficient (Wildman–Crippen LogP) is 4.53. The first-order valence-corrected chi connectivity index (χ1v) is 6.71. The zero-order valence-electron chi connectivity index (χ0n) is 9.59. The van der Waals surface area contributed by atoms with Crippen LogP contribution < -0.4 is 5.32 Å². The average Bonchev–Trinajstić information content (AvgIpc) is 2.32. The summed E-state index contributed by atoms with van der Waals surface area (Å²) in [5.74, 6) is -0.212. The smallest absolute Gasteiger partial charge is 0.123 e. The fourth-order valence-corrected chi connectivity index (χ4v) is 2.39. The van der Waals surface area contributed by atoms with Gasteiger partial charge in [-0.15, -0.1) is 0 Å². The molecule has 0 saturated heterocycles. The third kappa shape index (κ3) is 3.80. The van der Waals surface area contributed by atoms with Gasteiger partial charge < -0.3 is 5.32 Å². The third-order valence-electron chi connectivity index (χ3n) is 2.55. The van der Waals surface area contributed by atoms with E-state index in [-0.39, 0.29) is 5.82 Å². The van der Waals surface area contributed by atoms with Gasteiger partial charge in [-0.1, -0.05) is 45.7 Å². The van der Waals surface area contributed by atoms with Gasteiger partial charge >= 0.3 is 0 Å². The summed E-state index contributed by atoms with van der Waals surface area (Å²) in [5, 5.41) is 3.96. The highest BCUT2D eigenvalue weighted by molar-refractivity contribution is 9.10. The van der Waals surface area contributed by atoms with E-state index in [1.165, 1.54) is 12.1 Å². The monoisotopic (exact) mass is 327 g/mol. The molecule has 0 spiro atoms. The van der Waals surface area contributed by atoms with Crippen LogP contribution in [0.5, 0.6) is 0 Å². The van der Waals surface area contributed by atoms with Crippen molar-refractivity contribution in [2.24, 2.45) is 0 Å². The summed E-state index contributed by atoms with van der Waals surface area (Å²) in [6, 6.07) is 12.3. The molecule has 2 rings (SSSR count). The summed E-state index contributed by atoms with van der Waals surface area (Å²) in [5.41, 5.74) is 1.94. The SMILES string of the molecule is Fc1cccc(CNCc2ccc(Br)cc2Cl)c1. The van der Waals surface area contributed by atoms with Crippen LogP contribution in [-0.4, -0.2) is 0 Å². The number of halogens is 3. The van der Waals surface area contributed by atoms with E-state index in [1.54, 1.807) is 6.07 Å². The quantitative estimate of drug-likeness (QED) is 0.869. The highest BCUT2D eigenvalue weighted by Crippen LogP contribution is 2.21. The van der Waals surface area contributed by atoms with Gasteiger partial charge in [0, 0.05) is 22.6 Å². The number of rotatable bonds is 4. The standard InChI is InChI=1S/C14H12BrClFN/c15-12-5-4-11(14(16)7-12)9-18-8-10-2-1-3-13(17)6-10/h1-7,18H,8-9H2. The van der Waals surface area contributed by atoms with E-state index in [0.29, 0.717) is 13.1 Å². The molecular weight excluding hydrogens is 317 g/mol. The molecule has 0 aliphatic rings. The second-order valence-corrected chi connectivity index (χ2v) is 5.29. The Morgan fingerprint density at radius 2 is 1.94 bits per heavy atom. The van der Waals surface area contributed by atoms with Crippen molar-refractivity contribution in [3.8, 4) is 0 Å². The van der Waals surface area contributed by atoms with Gasteiger partial charge in [-0.25, -0.2) is 4.39 Å². The maximum Gasteiger partial charge on any atom is 0.123 e. The van der Waals surface area contributed by atoms with Crippen LogP contribution in [0, 0.1) is 5.82 Å². The second kappa shape index (κ2) is 6.32. The van der Waals surface area contributed by atoms with E-state index in [4.69, 9.17) is 11.6 Å². The Morgan fingerprint density at radius 1 is 1.11 bits per heavy atom. The summed E-state index contributed by atoms with van der Waals surface area (Å²) in [6.07, 6.45) is 0. The normalized spacial score (nSPS) is 10.6. The molecule has 1 N–H and O–H groups in total. The molecule has 2 aromatic rings. The van der Waals surface area contributed by atoms with Crippen molar-refractivity contribution >= 4 is 27.5 Å². The van der Waals surface area contributed by atoms with Crippen LogP contribution in [0.15, 0.2) is 46.9 Å². The molecule has 0 radical (unpaired) electrons. The number of benzene rings is 2. The number of hydrogen-bond donors (Lipinski definition) is 1. The number of hydrogen-bond acceptors (Lipinski definition) is 1. The summed E-state index contributed by atoms with van der Waals surface area (Å²) < 4.78 is 13.9. The van der Waals surface area contributed by atoms with Gasteiger partial charge in [0.05, 0.1) is 0 Å². The third-order valence-corrected chi connectivity index (χ3v) is 3.39. The molecule has 94 valence electrons. The van der Waals surface area contributed by atoms with Gasteiger partial charge in [0.1, 0.15) is 5.82 Å². The summed E-state index contributed by atoms with van der Waals surface area (Å²) in [4.78, 5) is 0. The Kier molecular flexibility index (Phi) is 4.75. The fourth-order valence-electron chi connectivity index (χ4n) is 1.65. The molecule has 18 heavy (non-hydrogen) atoms. The first-order valence-electron chi connectivity index (χ1n) is 5.54. The molecule has 0 aliphatic carbocycles. The van der Waals surface area contributed by atoms with E-state index in [9.17, 15) is 4.39 Å². The predicted molar refractivity (Wildman–Crippen MR) is 76.1 cm³/mol. The molecule has 0 saturated carbocycles. The van der Waals surface area contributed by atoms with Crippen molar-refractivity contribution in [1.82, 2.24) is 5.32 Å². The lowest BCUT2D eigenvalue weighted by atomic mass is 10.2. The minimum atomic E-state index is -0.212. The van der Waals surface area contributed by atoms with Crippen molar-refractivity contribution in [3.05, 3.63) is 68.9 Å². The average molecular weight is 329 g/mol. The number of nitrogens with one attached hydrogen (secondary N) is 1. The highest BCUT2D eigenvalue weighted by Gasteiger charge is 2.01. The molecular formula is C14H12BrClFN. The molecule has 2 aromatic carbocycles. The topological polar surface area (TPSA) is 12.0 Å². The lowest BCUT2D eigenvalue weighted by molar-refractivity contribution is 0.620. The van der Waals surface area contributed by atoms with E-state index in [0.717, 1.165) is 20.6 Å². The zero-order chi connectivity index (χ0) is 13.0. The molecule has 0 amide bonds. The Balaban J connectivity index is 1.92. The molecule has 0 aliphatic heterocycles. The minimum absolute atomic E-state index is 0.212. The zero-order valence-corrected chi connectivity index (χ0v) is 11.9. The van der Waals surface area contributed by atoms with Crippen LogP contribution in [0.1, 0.15) is 11.1 Å². The van der Waals surface area contributed by atoms with Crippen LogP contribution >= 0.6 is 27.5 Å². The van der Waals surface area contributed by atoms with Gasteiger partial charge in [0.2, 0.25) is 0 Å². The Morgan fingerprint density at radius 3 is 2.67 bits per heavy atom. The maximum absolute atomic E-state index is 13.0. The van der Waals surface area contributed by atoms with Crippen molar-refractivity contribution in [1.29, 1.82) is 0 Å². The molecule has 0 unspecified atom stereocenters. The van der Waals surface area contributed by atoms with E-state index >= 15 is 0 Å². The first-order chi connectivity index (χ1) is 8.65. The van der Waals surface area contributed by atoms with Crippen LogP contribution in [0.4, 0.5) is 4.39 Å². The molecule has 0 atom stereocenters. The first kappa shape index (κ1) is 13.5. The lowest BCUT2D eigenvalue weighted by Crippen LogP contribution is -2.13. The molecule has 0 fully saturated rings. The summed E-state index contributed by atoms with van der Waals surface area (Å²) in [6.45, 7) is 1.27. The molecule has 0 heterocycles. The minimum Gasteiger partial charge on any atom is -0.309 e. The van der Waals surface area contributed by atoms with E-state index in [1.807, 2.05) is 24.3 Å². The van der Waals surface area contributed by atoms with Crippen molar-refractivity contribution in [2.45, 2.75) is 13.1 Å². The van der Waals surface area contributed by atoms with Gasteiger partial charge in [-0.05, 0) is 35.4 Å².